The van der Waals surface area contributed by atoms with E-state index in [4.69, 9.17) is 4.74 Å². The van der Waals surface area contributed by atoms with E-state index in [2.05, 4.69) is 5.32 Å². The van der Waals surface area contributed by atoms with Crippen LogP contribution in [0.25, 0.3) is 0 Å². The highest BCUT2D eigenvalue weighted by atomic mass is 19.2. The summed E-state index contributed by atoms with van der Waals surface area (Å²) in [5, 5.41) is 11.8. The first-order chi connectivity index (χ1) is 9.52. The smallest absolute Gasteiger partial charge is 0.255 e. The summed E-state index contributed by atoms with van der Waals surface area (Å²) >= 11 is 0. The highest BCUT2D eigenvalue weighted by Gasteiger charge is 2.13. The van der Waals surface area contributed by atoms with Gasteiger partial charge in [-0.25, -0.2) is 8.78 Å². The summed E-state index contributed by atoms with van der Waals surface area (Å²) in [4.78, 5) is 11.9. The van der Waals surface area contributed by atoms with Crippen molar-refractivity contribution in [3.8, 4) is 11.5 Å². The van der Waals surface area contributed by atoms with Crippen LogP contribution in [0.1, 0.15) is 10.4 Å². The molecule has 20 heavy (non-hydrogen) atoms. The lowest BCUT2D eigenvalue weighted by atomic mass is 10.2. The van der Waals surface area contributed by atoms with Crippen LogP contribution in [0.3, 0.4) is 0 Å². The Morgan fingerprint density at radius 2 is 2.00 bits per heavy atom. The molecule has 2 N–H and O–H groups in total. The van der Waals surface area contributed by atoms with Gasteiger partial charge in [0.1, 0.15) is 0 Å². The molecule has 0 spiro atoms. The highest BCUT2D eigenvalue weighted by molar-refractivity contribution is 6.04. The number of amides is 1. The van der Waals surface area contributed by atoms with E-state index in [9.17, 15) is 18.7 Å². The molecule has 0 unspecified atom stereocenters. The van der Waals surface area contributed by atoms with Crippen LogP contribution in [0, 0.1) is 11.6 Å². The molecule has 0 fully saturated rings. The number of carbonyl (C=O) groups excluding carboxylic acids is 1. The van der Waals surface area contributed by atoms with Crippen molar-refractivity contribution in [2.45, 2.75) is 0 Å². The number of ether oxygens (including phenoxy) is 1. The van der Waals surface area contributed by atoms with Gasteiger partial charge in [0.25, 0.3) is 5.91 Å². The van der Waals surface area contributed by atoms with Crippen LogP contribution >= 0.6 is 0 Å². The number of phenolic OH excluding ortho intramolecular Hbond substituents is 1. The Bertz CT molecular complexity index is 659. The van der Waals surface area contributed by atoms with Gasteiger partial charge >= 0.3 is 0 Å². The predicted octanol–water partition coefficient (Wildman–Crippen LogP) is 2.93. The maximum absolute atomic E-state index is 13.4. The molecule has 0 aliphatic rings. The van der Waals surface area contributed by atoms with E-state index in [1.165, 1.54) is 37.4 Å². The average Bonchev–Trinajstić information content (AvgIpc) is 2.43. The number of aromatic hydroxyl groups is 1. The molecule has 0 saturated carbocycles. The van der Waals surface area contributed by atoms with E-state index in [1.54, 1.807) is 0 Å². The van der Waals surface area contributed by atoms with Crippen molar-refractivity contribution in [2.75, 3.05) is 12.4 Å². The lowest BCUT2D eigenvalue weighted by Crippen LogP contribution is -2.13. The Kier molecular flexibility index (Phi) is 3.84. The van der Waals surface area contributed by atoms with Gasteiger partial charge in [-0.05, 0) is 30.3 Å². The minimum atomic E-state index is -1.14. The van der Waals surface area contributed by atoms with Crippen molar-refractivity contribution < 1.29 is 23.4 Å². The van der Waals surface area contributed by atoms with E-state index in [0.29, 0.717) is 0 Å². The minimum Gasteiger partial charge on any atom is -0.504 e. The van der Waals surface area contributed by atoms with Gasteiger partial charge in [0, 0.05) is 5.56 Å². The molecule has 0 heterocycles. The molecule has 104 valence electrons. The molecule has 0 atom stereocenters. The van der Waals surface area contributed by atoms with Gasteiger partial charge in [-0.15, -0.1) is 0 Å². The summed E-state index contributed by atoms with van der Waals surface area (Å²) in [5.41, 5.74) is -0.183. The summed E-state index contributed by atoms with van der Waals surface area (Å²) in [6, 6.07) is 7.42. The van der Waals surface area contributed by atoms with E-state index in [0.717, 1.165) is 6.07 Å². The van der Waals surface area contributed by atoms with Gasteiger partial charge in [0.2, 0.25) is 0 Å². The number of methoxy groups -OCH3 is 1. The summed E-state index contributed by atoms with van der Waals surface area (Å²) in [7, 11) is 1.37. The van der Waals surface area contributed by atoms with E-state index in [-0.39, 0.29) is 22.7 Å². The second-order valence-corrected chi connectivity index (χ2v) is 3.94. The van der Waals surface area contributed by atoms with Gasteiger partial charge < -0.3 is 15.2 Å². The van der Waals surface area contributed by atoms with Gasteiger partial charge in [-0.2, -0.15) is 0 Å². The number of phenols is 1. The number of anilines is 1. The van der Waals surface area contributed by atoms with E-state index >= 15 is 0 Å². The molecule has 2 rings (SSSR count). The Morgan fingerprint density at radius 3 is 2.65 bits per heavy atom. The van der Waals surface area contributed by atoms with Crippen LogP contribution < -0.4 is 10.1 Å². The third-order valence-electron chi connectivity index (χ3n) is 2.64. The lowest BCUT2D eigenvalue weighted by molar-refractivity contribution is 0.102. The van der Waals surface area contributed by atoms with Crippen LogP contribution in [-0.4, -0.2) is 18.1 Å². The SMILES string of the molecule is COc1ccc(C(=O)Nc2cccc(F)c2F)cc1O. The molecule has 0 aliphatic carbocycles. The monoisotopic (exact) mass is 279 g/mol. The summed E-state index contributed by atoms with van der Waals surface area (Å²) < 4.78 is 31.3. The molecule has 0 aromatic heterocycles. The maximum atomic E-state index is 13.4. The van der Waals surface area contributed by atoms with Crippen molar-refractivity contribution in [1.29, 1.82) is 0 Å². The highest BCUT2D eigenvalue weighted by Crippen LogP contribution is 2.26. The molecule has 2 aromatic carbocycles. The topological polar surface area (TPSA) is 58.6 Å². The fraction of sp³-hybridized carbons (Fsp3) is 0.0714. The zero-order valence-corrected chi connectivity index (χ0v) is 10.5. The van der Waals surface area contributed by atoms with Crippen LogP contribution in [0.5, 0.6) is 11.5 Å². The zero-order valence-electron chi connectivity index (χ0n) is 10.5. The Balaban J connectivity index is 2.24. The van der Waals surface area contributed by atoms with Gasteiger partial charge in [0.05, 0.1) is 12.8 Å². The number of hydrogen-bond donors (Lipinski definition) is 2. The number of nitrogens with one attached hydrogen (secondary N) is 1. The first kappa shape index (κ1) is 13.8. The van der Waals surface area contributed by atoms with Crippen molar-refractivity contribution in [1.82, 2.24) is 0 Å². The first-order valence-electron chi connectivity index (χ1n) is 5.65. The number of halogens is 2. The molecule has 6 heteroatoms. The van der Waals surface area contributed by atoms with Crippen molar-refractivity contribution in [3.63, 3.8) is 0 Å². The number of carbonyl (C=O) groups is 1. The Labute approximate surface area is 113 Å². The fourth-order valence-electron chi connectivity index (χ4n) is 1.63. The van der Waals surface area contributed by atoms with E-state index < -0.39 is 17.5 Å². The van der Waals surface area contributed by atoms with Gasteiger partial charge in [0.15, 0.2) is 23.1 Å². The number of benzene rings is 2. The first-order valence-corrected chi connectivity index (χ1v) is 5.65. The van der Waals surface area contributed by atoms with Crippen molar-refractivity contribution in [2.24, 2.45) is 0 Å². The Morgan fingerprint density at radius 1 is 1.25 bits per heavy atom. The normalized spacial score (nSPS) is 10.2. The largest absolute Gasteiger partial charge is 0.504 e. The summed E-state index contributed by atoms with van der Waals surface area (Å²) in [6.45, 7) is 0. The fourth-order valence-corrected chi connectivity index (χ4v) is 1.63. The standard InChI is InChI=1S/C14H11F2NO3/c1-20-12-6-5-8(7-11(12)18)14(19)17-10-4-2-3-9(15)13(10)16/h2-7,18H,1H3,(H,17,19). The molecule has 0 saturated heterocycles. The molecular weight excluding hydrogens is 268 g/mol. The third kappa shape index (κ3) is 2.69. The second kappa shape index (κ2) is 5.56. The van der Waals surface area contributed by atoms with Gasteiger partial charge in [-0.1, -0.05) is 6.07 Å². The predicted molar refractivity (Wildman–Crippen MR) is 69.0 cm³/mol. The lowest BCUT2D eigenvalue weighted by Gasteiger charge is -2.08. The summed E-state index contributed by atoms with van der Waals surface area (Å²) in [6.07, 6.45) is 0. The molecule has 0 radical (unpaired) electrons. The number of rotatable bonds is 3. The zero-order chi connectivity index (χ0) is 14.7. The summed E-state index contributed by atoms with van der Waals surface area (Å²) in [5.74, 6) is -2.88. The van der Waals surface area contributed by atoms with Crippen LogP contribution in [-0.2, 0) is 0 Å². The molecule has 0 bridgehead atoms. The molecule has 0 aliphatic heterocycles. The van der Waals surface area contributed by atoms with Crippen LogP contribution in [0.4, 0.5) is 14.5 Å². The number of hydrogen-bond acceptors (Lipinski definition) is 3. The van der Waals surface area contributed by atoms with Crippen LogP contribution in [0.15, 0.2) is 36.4 Å². The molecule has 2 aromatic rings. The van der Waals surface area contributed by atoms with Crippen LogP contribution in [0.2, 0.25) is 0 Å². The quantitative estimate of drug-likeness (QED) is 0.908. The average molecular weight is 279 g/mol. The maximum Gasteiger partial charge on any atom is 0.255 e. The van der Waals surface area contributed by atoms with Crippen molar-refractivity contribution >= 4 is 11.6 Å². The molecular formula is C14H11F2NO3. The van der Waals surface area contributed by atoms with Crippen molar-refractivity contribution in [3.05, 3.63) is 53.6 Å². The Hall–Kier alpha value is -2.63. The minimum absolute atomic E-state index is 0.0898. The van der Waals surface area contributed by atoms with Gasteiger partial charge in [-0.3, -0.25) is 4.79 Å². The molecule has 4 nitrogen and oxygen atoms in total. The van der Waals surface area contributed by atoms with E-state index in [1.807, 2.05) is 0 Å². The second-order valence-electron chi connectivity index (χ2n) is 3.94. The molecule has 1 amide bonds. The third-order valence-corrected chi connectivity index (χ3v) is 2.64.